The molecular weight excluding hydrogens is 644 g/mol. The SMILES string of the molecule is CN[C@@H]1C(O)[C@@H](OC2C(O)C(O[C@H]3O[C@H](CNCC(O)(CO)CO)CCC3N)[C@@H](N)C[C@H]2NC(=O)[C@@H](O)[C@@H](O)[C@@H](O)CN)OCC1(C)O. The fraction of sp³-hybridized carbons (Fsp3) is 0.964. The lowest BCUT2D eigenvalue weighted by Gasteiger charge is -2.49. The van der Waals surface area contributed by atoms with Gasteiger partial charge in [0.15, 0.2) is 18.7 Å². The van der Waals surface area contributed by atoms with Crippen LogP contribution in [0.5, 0.6) is 0 Å². The van der Waals surface area contributed by atoms with Crippen LogP contribution in [0, 0.1) is 0 Å². The highest BCUT2D eigenvalue weighted by Crippen LogP contribution is 2.32. The molecule has 0 aromatic heterocycles. The van der Waals surface area contributed by atoms with Gasteiger partial charge in [0.05, 0.1) is 50.2 Å². The smallest absolute Gasteiger partial charge is 0.251 e. The summed E-state index contributed by atoms with van der Waals surface area (Å²) < 4.78 is 23.8. The molecule has 0 aromatic rings. The summed E-state index contributed by atoms with van der Waals surface area (Å²) in [4.78, 5) is 12.9. The van der Waals surface area contributed by atoms with Gasteiger partial charge >= 0.3 is 0 Å². The molecule has 18 N–H and O–H groups in total. The molecule has 2 saturated heterocycles. The number of aliphatic hydroxyl groups excluding tert-OH is 7. The van der Waals surface area contributed by atoms with E-state index in [1.165, 1.54) is 14.0 Å². The van der Waals surface area contributed by atoms with E-state index in [0.717, 1.165) is 0 Å². The Balaban J connectivity index is 1.78. The molecule has 0 radical (unpaired) electrons. The number of rotatable bonds is 16. The Morgan fingerprint density at radius 2 is 1.69 bits per heavy atom. The molecule has 0 spiro atoms. The third kappa shape index (κ3) is 9.96. The van der Waals surface area contributed by atoms with E-state index in [9.17, 15) is 50.8 Å². The third-order valence-corrected chi connectivity index (χ3v) is 9.21. The largest absolute Gasteiger partial charge is 0.393 e. The molecule has 1 aliphatic carbocycles. The molecule has 282 valence electrons. The number of ether oxygens (including phenoxy) is 4. The lowest BCUT2D eigenvalue weighted by molar-refractivity contribution is -0.308. The van der Waals surface area contributed by atoms with Gasteiger partial charge in [-0.15, -0.1) is 0 Å². The van der Waals surface area contributed by atoms with Gasteiger partial charge in [0.2, 0.25) is 0 Å². The molecule has 20 heteroatoms. The van der Waals surface area contributed by atoms with Crippen molar-refractivity contribution >= 4 is 5.91 Å². The van der Waals surface area contributed by atoms with E-state index in [1.54, 1.807) is 0 Å². The average Bonchev–Trinajstić information content (AvgIpc) is 3.05. The highest BCUT2D eigenvalue weighted by Gasteiger charge is 2.52. The lowest BCUT2D eigenvalue weighted by Crippen LogP contribution is -2.70. The van der Waals surface area contributed by atoms with E-state index in [0.29, 0.717) is 12.8 Å². The molecule has 3 aliphatic rings. The van der Waals surface area contributed by atoms with Crippen molar-refractivity contribution in [3.63, 3.8) is 0 Å². The second kappa shape index (κ2) is 17.8. The Hall–Kier alpha value is -1.25. The van der Waals surface area contributed by atoms with Crippen LogP contribution in [0.3, 0.4) is 0 Å². The number of hydrogen-bond acceptors (Lipinski definition) is 19. The van der Waals surface area contributed by atoms with E-state index >= 15 is 0 Å². The van der Waals surface area contributed by atoms with Crippen molar-refractivity contribution in [2.45, 2.75) is 123 Å². The standard InChI is InChI=1S/C28H56N6O14/c1-27(43)11-45-26(20(41)23(27)32-2)48-22-15(34-24(42)18(39)17(38)16(37)6-29)5-14(31)21(19(22)40)47-25-13(30)4-3-12(46-25)7-33-8-28(44,9-35)10-36/h12-23,25-26,32-33,35-41,43-44H,3-11,29-31H2,1-2H3,(H,34,42)/t12-,13?,14-,15+,16-,17-,18-,19?,20?,21?,22?,23+,25+,26+,27?/m0/s1. The quantitative estimate of drug-likeness (QED) is 0.0710. The van der Waals surface area contributed by atoms with E-state index in [2.05, 4.69) is 16.0 Å². The van der Waals surface area contributed by atoms with Crippen LogP contribution in [0.2, 0.25) is 0 Å². The van der Waals surface area contributed by atoms with Gasteiger partial charge in [0, 0.05) is 25.7 Å². The van der Waals surface area contributed by atoms with Crippen molar-refractivity contribution in [3.8, 4) is 0 Å². The van der Waals surface area contributed by atoms with Gasteiger partial charge in [-0.3, -0.25) is 4.79 Å². The fourth-order valence-corrected chi connectivity index (χ4v) is 6.17. The molecule has 6 unspecified atom stereocenters. The first-order valence-electron chi connectivity index (χ1n) is 16.1. The van der Waals surface area contributed by atoms with Gasteiger partial charge in [-0.05, 0) is 33.2 Å². The maximum atomic E-state index is 12.9. The zero-order chi connectivity index (χ0) is 36.0. The molecule has 0 bridgehead atoms. The first-order chi connectivity index (χ1) is 22.5. The fourth-order valence-electron chi connectivity index (χ4n) is 6.17. The minimum Gasteiger partial charge on any atom is -0.393 e. The van der Waals surface area contributed by atoms with Crippen molar-refractivity contribution in [3.05, 3.63) is 0 Å². The number of carbonyl (C=O) groups excluding carboxylic acids is 1. The van der Waals surface area contributed by atoms with Crippen LogP contribution in [0.15, 0.2) is 0 Å². The van der Waals surface area contributed by atoms with Gasteiger partial charge in [-0.25, -0.2) is 0 Å². The Morgan fingerprint density at radius 3 is 2.29 bits per heavy atom. The second-order valence-electron chi connectivity index (χ2n) is 13.3. The van der Waals surface area contributed by atoms with Crippen molar-refractivity contribution in [1.29, 1.82) is 0 Å². The predicted molar refractivity (Wildman–Crippen MR) is 164 cm³/mol. The number of nitrogens with one attached hydrogen (secondary N) is 3. The summed E-state index contributed by atoms with van der Waals surface area (Å²) in [7, 11) is 1.52. The third-order valence-electron chi connectivity index (χ3n) is 9.21. The van der Waals surface area contributed by atoms with Gasteiger partial charge in [0.25, 0.3) is 5.91 Å². The maximum Gasteiger partial charge on any atom is 0.251 e. The van der Waals surface area contributed by atoms with Crippen LogP contribution in [-0.2, 0) is 23.7 Å². The van der Waals surface area contributed by atoms with Crippen molar-refractivity contribution in [2.75, 3.05) is 46.5 Å². The summed E-state index contributed by atoms with van der Waals surface area (Å²) in [5.41, 5.74) is 14.8. The summed E-state index contributed by atoms with van der Waals surface area (Å²) >= 11 is 0. The van der Waals surface area contributed by atoms with Crippen molar-refractivity contribution in [1.82, 2.24) is 16.0 Å². The molecule has 2 aliphatic heterocycles. The summed E-state index contributed by atoms with van der Waals surface area (Å²) in [5, 5.41) is 101. The zero-order valence-electron chi connectivity index (χ0n) is 27.2. The monoisotopic (exact) mass is 700 g/mol. The van der Waals surface area contributed by atoms with E-state index < -0.39 is 122 Å². The number of amides is 1. The first kappa shape index (κ1) is 41.2. The van der Waals surface area contributed by atoms with Gasteiger partial charge in [0.1, 0.15) is 41.7 Å². The Kier molecular flexibility index (Phi) is 15.3. The molecule has 2 heterocycles. The maximum absolute atomic E-state index is 12.9. The minimum absolute atomic E-state index is 0.119. The van der Waals surface area contributed by atoms with Gasteiger partial charge in [-0.1, -0.05) is 0 Å². The molecule has 3 fully saturated rings. The molecule has 1 amide bonds. The second-order valence-corrected chi connectivity index (χ2v) is 13.3. The van der Waals surface area contributed by atoms with Crippen molar-refractivity contribution in [2.24, 2.45) is 17.2 Å². The summed E-state index contributed by atoms with van der Waals surface area (Å²) in [6.07, 6.45) is -13.5. The van der Waals surface area contributed by atoms with Crippen LogP contribution in [0.25, 0.3) is 0 Å². The lowest BCUT2D eigenvalue weighted by atomic mass is 9.83. The molecule has 15 atom stereocenters. The molecule has 3 rings (SSSR count). The molecule has 20 nitrogen and oxygen atoms in total. The van der Waals surface area contributed by atoms with Gasteiger partial charge < -0.3 is 98.1 Å². The number of hydrogen-bond donors (Lipinski definition) is 15. The van der Waals surface area contributed by atoms with E-state index in [-0.39, 0.29) is 26.1 Å². The van der Waals surface area contributed by atoms with E-state index in [1.807, 2.05) is 0 Å². The van der Waals surface area contributed by atoms with Crippen LogP contribution < -0.4 is 33.2 Å². The predicted octanol–water partition coefficient (Wildman–Crippen LogP) is -8.43. The van der Waals surface area contributed by atoms with Crippen LogP contribution >= 0.6 is 0 Å². The Labute approximate surface area is 278 Å². The summed E-state index contributed by atoms with van der Waals surface area (Å²) in [5.74, 6) is -1.13. The number of carbonyl (C=O) groups is 1. The molecule has 0 aromatic carbocycles. The molecular formula is C28H56N6O14. The average molecular weight is 701 g/mol. The molecule has 1 saturated carbocycles. The van der Waals surface area contributed by atoms with Crippen molar-refractivity contribution < 1.29 is 69.7 Å². The van der Waals surface area contributed by atoms with Crippen LogP contribution in [0.1, 0.15) is 26.2 Å². The minimum atomic E-state index is -2.11. The van der Waals surface area contributed by atoms with E-state index in [4.69, 9.17) is 36.1 Å². The molecule has 48 heavy (non-hydrogen) atoms. The summed E-state index contributed by atoms with van der Waals surface area (Å²) in [6.45, 7) is -0.489. The van der Waals surface area contributed by atoms with Crippen LogP contribution in [-0.4, -0.2) is 195 Å². The topological polar surface area (TPSA) is 350 Å². The van der Waals surface area contributed by atoms with Crippen LogP contribution in [0.4, 0.5) is 0 Å². The first-order valence-corrected chi connectivity index (χ1v) is 16.1. The number of nitrogens with two attached hydrogens (primary N) is 3. The normalized spacial score (nSPS) is 39.8. The number of aliphatic hydroxyl groups is 9. The summed E-state index contributed by atoms with van der Waals surface area (Å²) in [6, 6.07) is -3.69. The number of likely N-dealkylation sites (N-methyl/N-ethyl adjacent to an activating group) is 1. The van der Waals surface area contributed by atoms with Gasteiger partial charge in [-0.2, -0.15) is 0 Å². The highest BCUT2D eigenvalue weighted by molar-refractivity contribution is 5.81. The Morgan fingerprint density at radius 1 is 1.04 bits per heavy atom. The highest BCUT2D eigenvalue weighted by atomic mass is 16.7. The zero-order valence-corrected chi connectivity index (χ0v) is 27.2. The Bertz CT molecular complexity index is 1000.